The van der Waals surface area contributed by atoms with Gasteiger partial charge in [0, 0.05) is 6.04 Å². The summed E-state index contributed by atoms with van der Waals surface area (Å²) in [6, 6.07) is 7.60. The van der Waals surface area contributed by atoms with Crippen LogP contribution in [0.5, 0.6) is 0 Å². The van der Waals surface area contributed by atoms with Gasteiger partial charge in [-0.05, 0) is 32.0 Å². The van der Waals surface area contributed by atoms with Crippen LogP contribution in [0.25, 0.3) is 0 Å². The lowest BCUT2D eigenvalue weighted by atomic mass is 10.2. The maximum atomic E-state index is 8.61. The Morgan fingerprint density at radius 3 is 2.62 bits per heavy atom. The van der Waals surface area contributed by atoms with Crippen molar-refractivity contribution < 1.29 is 0 Å². The molecule has 1 rings (SSSR count). The Morgan fingerprint density at radius 1 is 1.46 bits per heavy atom. The Labute approximate surface area is 83.1 Å². The van der Waals surface area contributed by atoms with Crippen LogP contribution in [-0.4, -0.2) is 6.04 Å². The lowest BCUT2D eigenvalue weighted by molar-refractivity contribution is 0.900. The van der Waals surface area contributed by atoms with Crippen LogP contribution in [0.3, 0.4) is 0 Å². The minimum Gasteiger partial charge on any atom is -0.382 e. The lowest BCUT2D eigenvalue weighted by Crippen LogP contribution is -2.09. The van der Waals surface area contributed by atoms with Gasteiger partial charge in [0.1, 0.15) is 0 Å². The van der Waals surface area contributed by atoms with Gasteiger partial charge < -0.3 is 5.32 Å². The standard InChI is InChI=1S/C10H11ClN2/c1-7(2)13-10-4-3-8(6-12)5-9(10)11/h3-5,7,13H,1-2H3. The molecular formula is C10H11ClN2. The molecule has 0 aliphatic heterocycles. The zero-order chi connectivity index (χ0) is 9.84. The molecule has 13 heavy (non-hydrogen) atoms. The number of hydrogen-bond donors (Lipinski definition) is 1. The summed E-state index contributed by atoms with van der Waals surface area (Å²) in [6.07, 6.45) is 0. The maximum absolute atomic E-state index is 8.61. The summed E-state index contributed by atoms with van der Waals surface area (Å²) in [7, 11) is 0. The van der Waals surface area contributed by atoms with Crippen molar-refractivity contribution in [1.29, 1.82) is 5.26 Å². The van der Waals surface area contributed by atoms with Gasteiger partial charge in [0.2, 0.25) is 0 Å². The molecule has 0 heterocycles. The van der Waals surface area contributed by atoms with Crippen molar-refractivity contribution in [3.63, 3.8) is 0 Å². The van der Waals surface area contributed by atoms with Crippen molar-refractivity contribution in [2.24, 2.45) is 0 Å². The van der Waals surface area contributed by atoms with Crippen molar-refractivity contribution in [1.82, 2.24) is 0 Å². The van der Waals surface area contributed by atoms with E-state index in [4.69, 9.17) is 16.9 Å². The van der Waals surface area contributed by atoms with Crippen LogP contribution in [0.4, 0.5) is 5.69 Å². The molecule has 0 spiro atoms. The molecule has 0 amide bonds. The monoisotopic (exact) mass is 194 g/mol. The van der Waals surface area contributed by atoms with E-state index in [9.17, 15) is 0 Å². The number of hydrogen-bond acceptors (Lipinski definition) is 2. The van der Waals surface area contributed by atoms with E-state index in [2.05, 4.69) is 5.32 Å². The second kappa shape index (κ2) is 4.15. The van der Waals surface area contributed by atoms with Gasteiger partial charge in [-0.15, -0.1) is 0 Å². The third-order valence-corrected chi connectivity index (χ3v) is 1.86. The first-order chi connectivity index (χ1) is 6.13. The number of nitriles is 1. The first-order valence-electron chi connectivity index (χ1n) is 4.09. The summed E-state index contributed by atoms with van der Waals surface area (Å²) < 4.78 is 0. The number of benzene rings is 1. The molecular weight excluding hydrogens is 184 g/mol. The van der Waals surface area contributed by atoms with Gasteiger partial charge in [0.15, 0.2) is 0 Å². The fourth-order valence-corrected chi connectivity index (χ4v) is 1.25. The molecule has 0 radical (unpaired) electrons. The summed E-state index contributed by atoms with van der Waals surface area (Å²) in [6.45, 7) is 4.07. The fourth-order valence-electron chi connectivity index (χ4n) is 1.01. The number of nitrogens with zero attached hydrogens (tertiary/aromatic N) is 1. The predicted molar refractivity (Wildman–Crippen MR) is 54.9 cm³/mol. The molecule has 0 aliphatic rings. The fraction of sp³-hybridized carbons (Fsp3) is 0.300. The van der Waals surface area contributed by atoms with Gasteiger partial charge in [-0.2, -0.15) is 5.26 Å². The van der Waals surface area contributed by atoms with E-state index in [1.54, 1.807) is 12.1 Å². The second-order valence-corrected chi connectivity index (χ2v) is 3.51. The molecule has 1 N–H and O–H groups in total. The van der Waals surface area contributed by atoms with E-state index in [1.807, 2.05) is 26.0 Å². The molecule has 1 aromatic rings. The van der Waals surface area contributed by atoms with Crippen molar-refractivity contribution in [3.05, 3.63) is 28.8 Å². The third-order valence-electron chi connectivity index (χ3n) is 1.54. The van der Waals surface area contributed by atoms with Crippen molar-refractivity contribution in [2.45, 2.75) is 19.9 Å². The summed E-state index contributed by atoms with van der Waals surface area (Å²) in [5, 5.41) is 12.4. The summed E-state index contributed by atoms with van der Waals surface area (Å²) in [5.41, 5.74) is 1.45. The first kappa shape index (κ1) is 9.88. The molecule has 68 valence electrons. The largest absolute Gasteiger partial charge is 0.382 e. The number of nitrogens with one attached hydrogen (secondary N) is 1. The predicted octanol–water partition coefficient (Wildman–Crippen LogP) is 3.03. The van der Waals surface area contributed by atoms with Gasteiger partial charge >= 0.3 is 0 Å². The highest BCUT2D eigenvalue weighted by Gasteiger charge is 2.02. The highest BCUT2D eigenvalue weighted by atomic mass is 35.5. The van der Waals surface area contributed by atoms with E-state index in [1.165, 1.54) is 0 Å². The van der Waals surface area contributed by atoms with Gasteiger partial charge in [-0.3, -0.25) is 0 Å². The zero-order valence-electron chi connectivity index (χ0n) is 7.63. The van der Waals surface area contributed by atoms with E-state index >= 15 is 0 Å². The van der Waals surface area contributed by atoms with E-state index in [0.717, 1.165) is 5.69 Å². The third kappa shape index (κ3) is 2.64. The van der Waals surface area contributed by atoms with Crippen LogP contribution in [0.15, 0.2) is 18.2 Å². The Bertz CT molecular complexity index is 339. The van der Waals surface area contributed by atoms with Crippen molar-refractivity contribution in [2.75, 3.05) is 5.32 Å². The van der Waals surface area contributed by atoms with Crippen molar-refractivity contribution >= 4 is 17.3 Å². The SMILES string of the molecule is CC(C)Nc1ccc(C#N)cc1Cl. The summed E-state index contributed by atoms with van der Waals surface area (Å²) in [5.74, 6) is 0. The molecule has 3 heteroatoms. The zero-order valence-corrected chi connectivity index (χ0v) is 8.39. The maximum Gasteiger partial charge on any atom is 0.0992 e. The number of halogens is 1. The molecule has 0 saturated heterocycles. The number of rotatable bonds is 2. The highest BCUT2D eigenvalue weighted by molar-refractivity contribution is 6.33. The van der Waals surface area contributed by atoms with E-state index < -0.39 is 0 Å². The summed E-state index contributed by atoms with van der Waals surface area (Å²) in [4.78, 5) is 0. The van der Waals surface area contributed by atoms with Crippen LogP contribution in [0.2, 0.25) is 5.02 Å². The Morgan fingerprint density at radius 2 is 2.15 bits per heavy atom. The quantitative estimate of drug-likeness (QED) is 0.786. The Hall–Kier alpha value is -1.20. The van der Waals surface area contributed by atoms with Gasteiger partial charge in [-0.25, -0.2) is 0 Å². The molecule has 0 saturated carbocycles. The number of anilines is 1. The lowest BCUT2D eigenvalue weighted by Gasteiger charge is -2.11. The molecule has 0 aliphatic carbocycles. The second-order valence-electron chi connectivity index (χ2n) is 3.11. The minimum atomic E-state index is 0.338. The van der Waals surface area contributed by atoms with Gasteiger partial charge in [0.25, 0.3) is 0 Å². The molecule has 0 unspecified atom stereocenters. The smallest absolute Gasteiger partial charge is 0.0992 e. The molecule has 1 aromatic carbocycles. The van der Waals surface area contributed by atoms with Crippen molar-refractivity contribution in [3.8, 4) is 6.07 Å². The first-order valence-corrected chi connectivity index (χ1v) is 4.47. The van der Waals surface area contributed by atoms with Gasteiger partial charge in [0.05, 0.1) is 22.3 Å². The van der Waals surface area contributed by atoms with Crippen LogP contribution >= 0.6 is 11.6 Å². The molecule has 0 fully saturated rings. The van der Waals surface area contributed by atoms with Crippen LogP contribution in [0, 0.1) is 11.3 Å². The Kier molecular flexibility index (Phi) is 3.16. The van der Waals surface area contributed by atoms with Crippen LogP contribution in [0.1, 0.15) is 19.4 Å². The summed E-state index contributed by atoms with van der Waals surface area (Å²) >= 11 is 5.94. The molecule has 0 bridgehead atoms. The van der Waals surface area contributed by atoms with E-state index in [-0.39, 0.29) is 0 Å². The average Bonchev–Trinajstić information content (AvgIpc) is 2.08. The minimum absolute atomic E-state index is 0.338. The van der Waals surface area contributed by atoms with E-state index in [0.29, 0.717) is 16.6 Å². The molecule has 0 aromatic heterocycles. The normalized spacial score (nSPS) is 9.77. The molecule has 0 atom stereocenters. The molecule has 2 nitrogen and oxygen atoms in total. The van der Waals surface area contributed by atoms with Crippen LogP contribution in [-0.2, 0) is 0 Å². The Balaban J connectivity index is 2.93. The highest BCUT2D eigenvalue weighted by Crippen LogP contribution is 2.23. The van der Waals surface area contributed by atoms with Gasteiger partial charge in [-0.1, -0.05) is 11.6 Å². The average molecular weight is 195 g/mol. The van der Waals surface area contributed by atoms with Crippen LogP contribution < -0.4 is 5.32 Å². The topological polar surface area (TPSA) is 35.8 Å².